The number of pyridine rings is 1. The Balaban J connectivity index is 1.80. The van der Waals surface area contributed by atoms with Crippen LogP contribution < -0.4 is 16.6 Å². The van der Waals surface area contributed by atoms with E-state index in [1.54, 1.807) is 25.3 Å². The summed E-state index contributed by atoms with van der Waals surface area (Å²) in [6.45, 7) is 1.68. The molecule has 11 heteroatoms. The summed E-state index contributed by atoms with van der Waals surface area (Å²) in [5, 5.41) is 12.9. The average molecular weight is 477 g/mol. The molecule has 1 aromatic carbocycles. The number of nitrogens with zero attached hydrogens (tertiary/aromatic N) is 6. The molecule has 1 fully saturated rings. The molecule has 1 aliphatic rings. The molecule has 0 radical (unpaired) electrons. The van der Waals surface area contributed by atoms with Crippen LogP contribution in [-0.2, 0) is 0 Å². The zero-order valence-electron chi connectivity index (χ0n) is 18.0. The van der Waals surface area contributed by atoms with Gasteiger partial charge in [-0.3, -0.25) is 14.3 Å². The summed E-state index contributed by atoms with van der Waals surface area (Å²) in [7, 11) is 0. The van der Waals surface area contributed by atoms with Crippen LogP contribution >= 0.6 is 11.6 Å². The van der Waals surface area contributed by atoms with E-state index in [1.807, 2.05) is 6.07 Å². The molecular weight excluding hydrogens is 459 g/mol. The van der Waals surface area contributed by atoms with Crippen LogP contribution in [0.5, 0.6) is 0 Å². The zero-order chi connectivity index (χ0) is 24.0. The standard InChI is InChI=1S/C23H18ClFN8O/c1-11-29-20(27)17(24)21(30-11)31-18(12-4-5-12)22-32-19-15(25)7-6-13(9-26)16(19)23(34)33(22)14-3-2-8-28-10-14/h2-3,6-8,10,12,18H,4-5H2,1H3,(H3,27,29,30,31)/t18-/m0/s1. The van der Waals surface area contributed by atoms with Crippen molar-refractivity contribution in [2.75, 3.05) is 11.1 Å². The van der Waals surface area contributed by atoms with Crippen molar-refractivity contribution in [1.82, 2.24) is 24.5 Å². The van der Waals surface area contributed by atoms with Crippen molar-refractivity contribution in [2.45, 2.75) is 25.8 Å². The number of fused-ring (bicyclic) bond motifs is 1. The van der Waals surface area contributed by atoms with Crippen molar-refractivity contribution in [2.24, 2.45) is 5.92 Å². The van der Waals surface area contributed by atoms with E-state index in [0.29, 0.717) is 17.3 Å². The second-order valence-corrected chi connectivity index (χ2v) is 8.41. The van der Waals surface area contributed by atoms with Gasteiger partial charge in [-0.2, -0.15) is 5.26 Å². The molecule has 3 aromatic heterocycles. The molecule has 3 N–H and O–H groups in total. The second kappa shape index (κ2) is 8.35. The fourth-order valence-electron chi connectivity index (χ4n) is 3.96. The van der Waals surface area contributed by atoms with Gasteiger partial charge in [-0.25, -0.2) is 19.3 Å². The molecule has 1 saturated carbocycles. The molecule has 9 nitrogen and oxygen atoms in total. The lowest BCUT2D eigenvalue weighted by molar-refractivity contribution is 0.599. The molecule has 34 heavy (non-hydrogen) atoms. The Morgan fingerprint density at radius 1 is 1.29 bits per heavy atom. The first kappa shape index (κ1) is 21.7. The fourth-order valence-corrected chi connectivity index (χ4v) is 4.09. The summed E-state index contributed by atoms with van der Waals surface area (Å²) in [4.78, 5) is 30.9. The van der Waals surface area contributed by atoms with E-state index in [-0.39, 0.29) is 39.0 Å². The number of aryl methyl sites for hydroxylation is 1. The maximum Gasteiger partial charge on any atom is 0.267 e. The maximum atomic E-state index is 14.9. The Hall–Kier alpha value is -4.10. The molecule has 0 aliphatic heterocycles. The minimum Gasteiger partial charge on any atom is -0.382 e. The number of hydrogen-bond donors (Lipinski definition) is 2. The number of anilines is 2. The number of aromatic nitrogens is 5. The molecule has 0 amide bonds. The quantitative estimate of drug-likeness (QED) is 0.445. The van der Waals surface area contributed by atoms with Gasteiger partial charge in [-0.05, 0) is 49.9 Å². The molecule has 1 atom stereocenters. The van der Waals surface area contributed by atoms with Gasteiger partial charge in [-0.1, -0.05) is 11.6 Å². The average Bonchev–Trinajstić information content (AvgIpc) is 3.67. The number of rotatable bonds is 5. The first-order valence-corrected chi connectivity index (χ1v) is 10.9. The normalized spacial score (nSPS) is 14.1. The Labute approximate surface area is 198 Å². The minimum atomic E-state index is -0.694. The highest BCUT2D eigenvalue weighted by atomic mass is 35.5. The van der Waals surface area contributed by atoms with E-state index in [9.17, 15) is 14.4 Å². The summed E-state index contributed by atoms with van der Waals surface area (Å²) in [5.74, 6) is 0.476. The van der Waals surface area contributed by atoms with Crippen LogP contribution in [-0.4, -0.2) is 24.5 Å². The van der Waals surface area contributed by atoms with Crippen molar-refractivity contribution >= 4 is 34.1 Å². The molecular formula is C23H18ClFN8O. The summed E-state index contributed by atoms with van der Waals surface area (Å²) in [6.07, 6.45) is 4.80. The van der Waals surface area contributed by atoms with E-state index < -0.39 is 17.4 Å². The van der Waals surface area contributed by atoms with Gasteiger partial charge < -0.3 is 11.1 Å². The van der Waals surface area contributed by atoms with Crippen LogP contribution in [0.25, 0.3) is 16.6 Å². The molecule has 1 aliphatic carbocycles. The van der Waals surface area contributed by atoms with E-state index in [4.69, 9.17) is 17.3 Å². The van der Waals surface area contributed by atoms with E-state index >= 15 is 0 Å². The molecule has 0 bridgehead atoms. The van der Waals surface area contributed by atoms with Crippen molar-refractivity contribution in [1.29, 1.82) is 5.26 Å². The summed E-state index contributed by atoms with van der Waals surface area (Å²) in [6, 6.07) is 7.20. The molecule has 0 spiro atoms. The number of nitrogens with two attached hydrogens (primary N) is 1. The molecule has 5 rings (SSSR count). The van der Waals surface area contributed by atoms with Gasteiger partial charge in [0.25, 0.3) is 5.56 Å². The van der Waals surface area contributed by atoms with E-state index in [0.717, 1.165) is 18.9 Å². The van der Waals surface area contributed by atoms with E-state index in [1.165, 1.54) is 16.8 Å². The van der Waals surface area contributed by atoms with Gasteiger partial charge in [0.05, 0.1) is 28.9 Å². The van der Waals surface area contributed by atoms with Crippen molar-refractivity contribution in [3.63, 3.8) is 0 Å². The van der Waals surface area contributed by atoms with Crippen LogP contribution in [0.2, 0.25) is 5.02 Å². The van der Waals surface area contributed by atoms with Gasteiger partial charge >= 0.3 is 0 Å². The fraction of sp³-hybridized carbons (Fsp3) is 0.217. The first-order valence-electron chi connectivity index (χ1n) is 10.5. The first-order chi connectivity index (χ1) is 16.4. The number of benzene rings is 1. The number of nitrogens with one attached hydrogen (secondary N) is 1. The summed E-state index contributed by atoms with van der Waals surface area (Å²) < 4.78 is 16.2. The molecule has 4 aromatic rings. The van der Waals surface area contributed by atoms with Crippen molar-refractivity contribution in [3.05, 3.63) is 75.1 Å². The summed E-state index contributed by atoms with van der Waals surface area (Å²) >= 11 is 6.36. The molecule has 3 heterocycles. The lowest BCUT2D eigenvalue weighted by Gasteiger charge is -2.24. The smallest absolute Gasteiger partial charge is 0.267 e. The van der Waals surface area contributed by atoms with Gasteiger partial charge in [0.1, 0.15) is 39.9 Å². The summed E-state index contributed by atoms with van der Waals surface area (Å²) in [5.41, 5.74) is 5.65. The van der Waals surface area contributed by atoms with Gasteiger partial charge in [0.15, 0.2) is 5.82 Å². The topological polar surface area (TPSA) is 135 Å². The van der Waals surface area contributed by atoms with Crippen molar-refractivity contribution < 1.29 is 4.39 Å². The Morgan fingerprint density at radius 3 is 2.76 bits per heavy atom. The third-order valence-electron chi connectivity index (χ3n) is 5.68. The number of hydrogen-bond acceptors (Lipinski definition) is 8. The van der Waals surface area contributed by atoms with E-state index in [2.05, 4.69) is 25.3 Å². The highest BCUT2D eigenvalue weighted by Gasteiger charge is 2.37. The largest absolute Gasteiger partial charge is 0.382 e. The highest BCUT2D eigenvalue weighted by molar-refractivity contribution is 6.35. The number of nitriles is 1. The minimum absolute atomic E-state index is 0.0382. The van der Waals surface area contributed by atoms with Gasteiger partial charge in [-0.15, -0.1) is 0 Å². The van der Waals surface area contributed by atoms with Crippen LogP contribution in [0, 0.1) is 30.0 Å². The number of halogens is 2. The highest BCUT2D eigenvalue weighted by Crippen LogP contribution is 2.43. The zero-order valence-corrected chi connectivity index (χ0v) is 18.7. The third kappa shape index (κ3) is 3.70. The monoisotopic (exact) mass is 476 g/mol. The third-order valence-corrected chi connectivity index (χ3v) is 6.05. The van der Waals surface area contributed by atoms with Gasteiger partial charge in [0.2, 0.25) is 0 Å². The van der Waals surface area contributed by atoms with Crippen molar-refractivity contribution in [3.8, 4) is 11.8 Å². The number of nitrogen functional groups attached to an aromatic ring is 1. The molecule has 0 unspecified atom stereocenters. The lowest BCUT2D eigenvalue weighted by Crippen LogP contribution is -2.30. The van der Waals surface area contributed by atoms with Gasteiger partial charge in [0, 0.05) is 6.20 Å². The Morgan fingerprint density at radius 2 is 2.09 bits per heavy atom. The Kier molecular flexibility index (Phi) is 5.34. The maximum absolute atomic E-state index is 14.9. The van der Waals surface area contributed by atoms with Crippen LogP contribution in [0.15, 0.2) is 41.5 Å². The predicted molar refractivity (Wildman–Crippen MR) is 125 cm³/mol. The molecule has 170 valence electrons. The Bertz CT molecular complexity index is 1530. The molecule has 0 saturated heterocycles. The second-order valence-electron chi connectivity index (χ2n) is 8.03. The van der Waals surface area contributed by atoms with Crippen LogP contribution in [0.4, 0.5) is 16.0 Å². The lowest BCUT2D eigenvalue weighted by atomic mass is 10.1. The SMILES string of the molecule is Cc1nc(N)c(Cl)c(N[C@H](c2nc3c(F)ccc(C#N)c3c(=O)n2-c2cccnc2)C2CC2)n1. The predicted octanol–water partition coefficient (Wildman–Crippen LogP) is 3.69. The van der Waals surface area contributed by atoms with Crippen LogP contribution in [0.1, 0.15) is 36.1 Å². The van der Waals surface area contributed by atoms with Crippen LogP contribution in [0.3, 0.4) is 0 Å².